The van der Waals surface area contributed by atoms with Gasteiger partial charge in [0.25, 0.3) is 5.91 Å². The van der Waals surface area contributed by atoms with Crippen LogP contribution in [0.5, 0.6) is 11.5 Å². The van der Waals surface area contributed by atoms with Gasteiger partial charge in [-0.1, -0.05) is 18.2 Å². The molecule has 2 aromatic carbocycles. The van der Waals surface area contributed by atoms with Crippen LogP contribution in [-0.2, 0) is 13.2 Å². The van der Waals surface area contributed by atoms with Crippen molar-refractivity contribution in [1.29, 1.82) is 0 Å². The number of pyridine rings is 1. The Labute approximate surface area is 198 Å². The summed E-state index contributed by atoms with van der Waals surface area (Å²) in [6, 6.07) is 19.1. The zero-order valence-electron chi connectivity index (χ0n) is 19.2. The van der Waals surface area contributed by atoms with Crippen LogP contribution in [0.3, 0.4) is 0 Å². The van der Waals surface area contributed by atoms with Crippen LogP contribution in [0.15, 0.2) is 73.1 Å². The van der Waals surface area contributed by atoms with Gasteiger partial charge in [0, 0.05) is 36.3 Å². The number of benzene rings is 2. The largest absolute Gasteiger partial charge is 0.493 e. The van der Waals surface area contributed by atoms with Crippen LogP contribution in [0.2, 0.25) is 0 Å². The molecule has 7 heteroatoms. The quantitative estimate of drug-likeness (QED) is 0.414. The minimum Gasteiger partial charge on any atom is -0.493 e. The lowest BCUT2D eigenvalue weighted by Gasteiger charge is -2.15. The number of nitrogens with zero attached hydrogens (tertiary/aromatic N) is 3. The molecule has 0 unspecified atom stereocenters. The summed E-state index contributed by atoms with van der Waals surface area (Å²) < 4.78 is 13.4. The van der Waals surface area contributed by atoms with E-state index in [4.69, 9.17) is 9.47 Å². The standard InChI is InChI=1S/C27H28N4O3/c1-33-24-11-10-22(16-25(24)34-19-23-18-31-14-3-2-9-26(31)28-23)29-27(32)21-8-6-7-20(15-21)17-30-12-4-5-13-30/h2-3,6-11,14-16,18H,4-5,12-13,17,19H2,1H3,(H,29,32). The molecule has 0 saturated carbocycles. The van der Waals surface area contributed by atoms with Crippen molar-refractivity contribution in [3.8, 4) is 11.5 Å². The highest BCUT2D eigenvalue weighted by molar-refractivity contribution is 6.04. The van der Waals surface area contributed by atoms with Gasteiger partial charge in [-0.15, -0.1) is 0 Å². The monoisotopic (exact) mass is 456 g/mol. The van der Waals surface area contributed by atoms with E-state index in [0.717, 1.165) is 36.5 Å². The molecule has 1 N–H and O–H groups in total. The van der Waals surface area contributed by atoms with Gasteiger partial charge < -0.3 is 19.2 Å². The number of aromatic nitrogens is 2. The van der Waals surface area contributed by atoms with Gasteiger partial charge in [-0.3, -0.25) is 9.69 Å². The van der Waals surface area contributed by atoms with E-state index in [1.807, 2.05) is 59.3 Å². The molecule has 4 aromatic rings. The molecule has 0 spiro atoms. The fourth-order valence-corrected chi connectivity index (χ4v) is 4.29. The van der Waals surface area contributed by atoms with Crippen molar-refractivity contribution in [3.05, 3.63) is 89.9 Å². The Kier molecular flexibility index (Phi) is 6.44. The number of amides is 1. The molecule has 34 heavy (non-hydrogen) atoms. The average molecular weight is 457 g/mol. The molecule has 0 radical (unpaired) electrons. The maximum atomic E-state index is 12.9. The van der Waals surface area contributed by atoms with Crippen LogP contribution in [0.1, 0.15) is 34.5 Å². The lowest BCUT2D eigenvalue weighted by atomic mass is 10.1. The highest BCUT2D eigenvalue weighted by Gasteiger charge is 2.14. The number of methoxy groups -OCH3 is 1. The van der Waals surface area contributed by atoms with Crippen molar-refractivity contribution >= 4 is 17.2 Å². The van der Waals surface area contributed by atoms with Crippen LogP contribution in [0.25, 0.3) is 5.65 Å². The molecular formula is C27H28N4O3. The number of ether oxygens (including phenoxy) is 2. The van der Waals surface area contributed by atoms with E-state index in [2.05, 4.69) is 21.3 Å². The molecule has 2 aromatic heterocycles. The molecule has 0 bridgehead atoms. The first-order valence-corrected chi connectivity index (χ1v) is 11.5. The highest BCUT2D eigenvalue weighted by Crippen LogP contribution is 2.31. The van der Waals surface area contributed by atoms with Crippen molar-refractivity contribution < 1.29 is 14.3 Å². The number of carbonyl (C=O) groups is 1. The van der Waals surface area contributed by atoms with Gasteiger partial charge >= 0.3 is 0 Å². The summed E-state index contributed by atoms with van der Waals surface area (Å²) in [5.74, 6) is 0.981. The number of anilines is 1. The van der Waals surface area contributed by atoms with Crippen molar-refractivity contribution in [1.82, 2.24) is 14.3 Å². The molecule has 1 aliphatic rings. The SMILES string of the molecule is COc1ccc(NC(=O)c2cccc(CN3CCCC3)c2)cc1OCc1cn2ccccc2n1. The number of hydrogen-bond acceptors (Lipinski definition) is 5. The predicted octanol–water partition coefficient (Wildman–Crippen LogP) is 4.77. The van der Waals surface area contributed by atoms with Gasteiger partial charge in [-0.2, -0.15) is 0 Å². The molecule has 1 fully saturated rings. The first kappa shape index (κ1) is 22.0. The van der Waals surface area contributed by atoms with E-state index < -0.39 is 0 Å². The molecule has 1 saturated heterocycles. The summed E-state index contributed by atoms with van der Waals surface area (Å²) in [7, 11) is 1.59. The van der Waals surface area contributed by atoms with Gasteiger partial charge in [0.1, 0.15) is 12.3 Å². The lowest BCUT2D eigenvalue weighted by molar-refractivity contribution is 0.102. The minimum atomic E-state index is -0.153. The normalized spacial score (nSPS) is 13.8. The van der Waals surface area contributed by atoms with Crippen molar-refractivity contribution in [2.45, 2.75) is 26.0 Å². The third kappa shape index (κ3) is 5.05. The first-order valence-electron chi connectivity index (χ1n) is 11.5. The predicted molar refractivity (Wildman–Crippen MR) is 131 cm³/mol. The zero-order valence-corrected chi connectivity index (χ0v) is 19.2. The third-order valence-electron chi connectivity index (χ3n) is 6.00. The molecule has 1 aliphatic heterocycles. The van der Waals surface area contributed by atoms with Gasteiger partial charge in [0.2, 0.25) is 0 Å². The van der Waals surface area contributed by atoms with E-state index in [-0.39, 0.29) is 12.5 Å². The number of likely N-dealkylation sites (tertiary alicyclic amines) is 1. The number of imidazole rings is 1. The zero-order chi connectivity index (χ0) is 23.3. The van der Waals surface area contributed by atoms with E-state index in [9.17, 15) is 4.79 Å². The molecule has 0 aliphatic carbocycles. The summed E-state index contributed by atoms with van der Waals surface area (Å²) in [6.45, 7) is 3.42. The van der Waals surface area contributed by atoms with Crippen molar-refractivity contribution in [2.24, 2.45) is 0 Å². The molecule has 1 amide bonds. The Hall–Kier alpha value is -3.84. The molecular weight excluding hydrogens is 428 g/mol. The van der Waals surface area contributed by atoms with Gasteiger partial charge in [-0.25, -0.2) is 4.98 Å². The van der Waals surface area contributed by atoms with Crippen LogP contribution in [0, 0.1) is 0 Å². The van der Waals surface area contributed by atoms with Crippen molar-refractivity contribution in [2.75, 3.05) is 25.5 Å². The van der Waals surface area contributed by atoms with Crippen LogP contribution in [-0.4, -0.2) is 40.4 Å². The van der Waals surface area contributed by atoms with Crippen LogP contribution < -0.4 is 14.8 Å². The number of rotatable bonds is 8. The summed E-state index contributed by atoms with van der Waals surface area (Å²) in [5.41, 5.74) is 4.10. The Morgan fingerprint density at radius 2 is 1.91 bits per heavy atom. The fraction of sp³-hybridized carbons (Fsp3) is 0.259. The number of fused-ring (bicyclic) bond motifs is 1. The van der Waals surface area contributed by atoms with Gasteiger partial charge in [-0.05, 0) is 67.9 Å². The molecule has 5 rings (SSSR count). The molecule has 3 heterocycles. The number of nitrogens with one attached hydrogen (secondary N) is 1. The average Bonchev–Trinajstić information content (AvgIpc) is 3.52. The van der Waals surface area contributed by atoms with Gasteiger partial charge in [0.05, 0.1) is 12.8 Å². The van der Waals surface area contributed by atoms with E-state index in [0.29, 0.717) is 22.7 Å². The smallest absolute Gasteiger partial charge is 0.255 e. The Balaban J connectivity index is 1.27. The van der Waals surface area contributed by atoms with Crippen LogP contribution in [0.4, 0.5) is 5.69 Å². The second-order valence-electron chi connectivity index (χ2n) is 8.49. The molecule has 174 valence electrons. The van der Waals surface area contributed by atoms with Crippen molar-refractivity contribution in [3.63, 3.8) is 0 Å². The molecule has 7 nitrogen and oxygen atoms in total. The second kappa shape index (κ2) is 9.97. The maximum Gasteiger partial charge on any atom is 0.255 e. The third-order valence-corrected chi connectivity index (χ3v) is 6.00. The van der Waals surface area contributed by atoms with E-state index in [1.165, 1.54) is 12.8 Å². The summed E-state index contributed by atoms with van der Waals surface area (Å²) in [6.07, 6.45) is 6.38. The van der Waals surface area contributed by atoms with E-state index in [1.54, 1.807) is 19.2 Å². The number of hydrogen-bond donors (Lipinski definition) is 1. The Morgan fingerprint density at radius 3 is 2.74 bits per heavy atom. The second-order valence-corrected chi connectivity index (χ2v) is 8.49. The maximum absolute atomic E-state index is 12.9. The number of carbonyl (C=O) groups excluding carboxylic acids is 1. The fourth-order valence-electron chi connectivity index (χ4n) is 4.29. The summed E-state index contributed by atoms with van der Waals surface area (Å²) >= 11 is 0. The Bertz CT molecular complexity index is 1260. The topological polar surface area (TPSA) is 68.1 Å². The summed E-state index contributed by atoms with van der Waals surface area (Å²) in [5, 5.41) is 2.98. The highest BCUT2D eigenvalue weighted by atomic mass is 16.5. The molecule has 0 atom stereocenters. The summed E-state index contributed by atoms with van der Waals surface area (Å²) in [4.78, 5) is 19.9. The minimum absolute atomic E-state index is 0.153. The van der Waals surface area contributed by atoms with E-state index >= 15 is 0 Å². The Morgan fingerprint density at radius 1 is 1.03 bits per heavy atom. The first-order chi connectivity index (χ1) is 16.7. The lowest BCUT2D eigenvalue weighted by Crippen LogP contribution is -2.19. The van der Waals surface area contributed by atoms with Gasteiger partial charge in [0.15, 0.2) is 11.5 Å². The van der Waals surface area contributed by atoms with Crippen LogP contribution >= 0.6 is 0 Å².